The number of benzene rings is 2. The van der Waals surface area contributed by atoms with E-state index in [1.54, 1.807) is 16.7 Å². The molecule has 0 aliphatic carbocycles. The van der Waals surface area contributed by atoms with Crippen molar-refractivity contribution in [2.24, 2.45) is 0 Å². The lowest BCUT2D eigenvalue weighted by Gasteiger charge is -2.27. The number of rotatable bonds is 6. The molecule has 0 spiro atoms. The molecule has 0 atom stereocenters. The molecule has 1 N–H and O–H groups in total. The minimum absolute atomic E-state index is 0.0974. The van der Waals surface area contributed by atoms with Gasteiger partial charge >= 0.3 is 0 Å². The number of aryl methyl sites for hydroxylation is 2. The highest BCUT2D eigenvalue weighted by molar-refractivity contribution is 7.99. The van der Waals surface area contributed by atoms with Gasteiger partial charge < -0.3 is 15.0 Å². The highest BCUT2D eigenvalue weighted by atomic mass is 35.5. The van der Waals surface area contributed by atoms with Crippen LogP contribution in [0.4, 0.5) is 16.0 Å². The molecule has 4 rings (SSSR count). The Morgan fingerprint density at radius 3 is 2.72 bits per heavy atom. The molecule has 1 fully saturated rings. The Balaban J connectivity index is 1.56. The van der Waals surface area contributed by atoms with Crippen LogP contribution >= 0.6 is 23.4 Å². The van der Waals surface area contributed by atoms with Gasteiger partial charge in [-0.05, 0) is 49.2 Å². The zero-order valence-electron chi connectivity index (χ0n) is 17.8. The fourth-order valence-corrected chi connectivity index (χ4v) is 4.66. The molecule has 1 aliphatic heterocycles. The number of hydrogen-bond donors (Lipinski definition) is 1. The van der Waals surface area contributed by atoms with Crippen LogP contribution < -0.4 is 10.2 Å². The summed E-state index contributed by atoms with van der Waals surface area (Å²) in [5.41, 5.74) is 3.12. The number of nitrogens with one attached hydrogen (secondary N) is 1. The summed E-state index contributed by atoms with van der Waals surface area (Å²) in [4.78, 5) is 14.7. The molecule has 2 aromatic carbocycles. The standard InChI is InChI=1S/C22H23ClFN5O2S/c1-14-10-15(2)20(18(23)11-14)25-19(30)13-32-22-27-26-21(28-6-8-31-9-7-28)29(22)17-5-3-4-16(24)12-17/h3-5,10-12H,6-9,13H2,1-2H3,(H,25,30). The Kier molecular flexibility index (Phi) is 6.98. The molecule has 7 nitrogen and oxygen atoms in total. The van der Waals surface area contributed by atoms with Crippen LogP contribution in [0, 0.1) is 19.7 Å². The third-order valence-electron chi connectivity index (χ3n) is 5.01. The smallest absolute Gasteiger partial charge is 0.234 e. The van der Waals surface area contributed by atoms with E-state index < -0.39 is 0 Å². The number of amides is 1. The molecular formula is C22H23ClFN5O2S. The molecule has 10 heteroatoms. The number of hydrogen-bond acceptors (Lipinski definition) is 6. The van der Waals surface area contributed by atoms with Crippen molar-refractivity contribution in [2.75, 3.05) is 42.3 Å². The van der Waals surface area contributed by atoms with Crippen molar-refractivity contribution in [3.63, 3.8) is 0 Å². The van der Waals surface area contributed by atoms with Crippen LogP contribution in [0.25, 0.3) is 5.69 Å². The number of carbonyl (C=O) groups is 1. The molecule has 168 valence electrons. The predicted octanol–water partition coefficient (Wildman–Crippen LogP) is 4.24. The third-order valence-corrected chi connectivity index (χ3v) is 6.23. The number of nitrogens with zero attached hydrogens (tertiary/aromatic N) is 4. The fraction of sp³-hybridized carbons (Fsp3) is 0.318. The monoisotopic (exact) mass is 475 g/mol. The van der Waals surface area contributed by atoms with Crippen LogP contribution in [-0.2, 0) is 9.53 Å². The number of ether oxygens (including phenoxy) is 1. The van der Waals surface area contributed by atoms with Crippen LogP contribution in [0.1, 0.15) is 11.1 Å². The van der Waals surface area contributed by atoms with Crippen LogP contribution in [0.5, 0.6) is 0 Å². The second-order valence-corrected chi connectivity index (χ2v) is 8.82. The highest BCUT2D eigenvalue weighted by Crippen LogP contribution is 2.30. The fourth-order valence-electron chi connectivity index (χ4n) is 3.54. The molecule has 3 aromatic rings. The maximum Gasteiger partial charge on any atom is 0.234 e. The van der Waals surface area contributed by atoms with Gasteiger partial charge in [0, 0.05) is 13.1 Å². The van der Waals surface area contributed by atoms with E-state index >= 15 is 0 Å². The Hall–Kier alpha value is -2.62. The first-order valence-corrected chi connectivity index (χ1v) is 11.5. The summed E-state index contributed by atoms with van der Waals surface area (Å²) in [6.45, 7) is 6.32. The Bertz CT molecular complexity index is 1110. The van der Waals surface area contributed by atoms with Gasteiger partial charge in [0.1, 0.15) is 5.82 Å². The van der Waals surface area contributed by atoms with Crippen LogP contribution in [0.15, 0.2) is 41.6 Å². The van der Waals surface area contributed by atoms with Gasteiger partial charge in [-0.15, -0.1) is 10.2 Å². The zero-order valence-corrected chi connectivity index (χ0v) is 19.3. The van der Waals surface area contributed by atoms with Gasteiger partial charge in [0.05, 0.1) is 35.4 Å². The zero-order chi connectivity index (χ0) is 22.7. The van der Waals surface area contributed by atoms with E-state index in [4.69, 9.17) is 16.3 Å². The largest absolute Gasteiger partial charge is 0.378 e. The molecule has 2 heterocycles. The number of anilines is 2. The minimum atomic E-state index is -0.359. The van der Waals surface area contributed by atoms with Gasteiger partial charge in [0.15, 0.2) is 5.16 Å². The maximum absolute atomic E-state index is 14.0. The van der Waals surface area contributed by atoms with Crippen molar-refractivity contribution < 1.29 is 13.9 Å². The number of morpholine rings is 1. The Labute approximate surface area is 194 Å². The number of aromatic nitrogens is 3. The molecule has 1 aliphatic rings. The average molecular weight is 476 g/mol. The summed E-state index contributed by atoms with van der Waals surface area (Å²) in [7, 11) is 0. The molecular weight excluding hydrogens is 453 g/mol. The SMILES string of the molecule is Cc1cc(C)c(NC(=O)CSc2nnc(N3CCOCC3)n2-c2cccc(F)c2)c(Cl)c1. The summed E-state index contributed by atoms with van der Waals surface area (Å²) in [6.07, 6.45) is 0. The van der Waals surface area contributed by atoms with E-state index in [1.807, 2.05) is 30.9 Å². The molecule has 1 saturated heterocycles. The molecule has 0 bridgehead atoms. The third kappa shape index (κ3) is 5.06. The molecule has 0 unspecified atom stereocenters. The average Bonchev–Trinajstić information content (AvgIpc) is 3.19. The van der Waals surface area contributed by atoms with Crippen molar-refractivity contribution in [1.82, 2.24) is 14.8 Å². The number of carbonyl (C=O) groups excluding carboxylic acids is 1. The van der Waals surface area contributed by atoms with Crippen molar-refractivity contribution in [1.29, 1.82) is 0 Å². The van der Waals surface area contributed by atoms with Crippen molar-refractivity contribution >= 4 is 40.9 Å². The van der Waals surface area contributed by atoms with E-state index in [2.05, 4.69) is 15.5 Å². The molecule has 0 saturated carbocycles. The van der Waals surface area contributed by atoms with Crippen molar-refractivity contribution in [3.8, 4) is 5.69 Å². The maximum atomic E-state index is 14.0. The molecule has 0 radical (unpaired) electrons. The predicted molar refractivity (Wildman–Crippen MR) is 125 cm³/mol. The van der Waals surface area contributed by atoms with Gasteiger partial charge in [-0.1, -0.05) is 35.5 Å². The van der Waals surface area contributed by atoms with E-state index in [-0.39, 0.29) is 17.5 Å². The van der Waals surface area contributed by atoms with Crippen LogP contribution in [0.2, 0.25) is 5.02 Å². The van der Waals surface area contributed by atoms with Gasteiger partial charge in [0.2, 0.25) is 11.9 Å². The molecule has 1 amide bonds. The van der Waals surface area contributed by atoms with Gasteiger partial charge in [-0.25, -0.2) is 4.39 Å². The molecule has 1 aromatic heterocycles. The van der Waals surface area contributed by atoms with Gasteiger partial charge in [-0.3, -0.25) is 9.36 Å². The molecule has 32 heavy (non-hydrogen) atoms. The summed E-state index contributed by atoms with van der Waals surface area (Å²) >= 11 is 7.53. The first kappa shape index (κ1) is 22.6. The minimum Gasteiger partial charge on any atom is -0.378 e. The van der Waals surface area contributed by atoms with Gasteiger partial charge in [0.25, 0.3) is 0 Å². The first-order valence-electron chi connectivity index (χ1n) is 10.2. The quantitative estimate of drug-likeness (QED) is 0.537. The number of halogens is 2. The van der Waals surface area contributed by atoms with Crippen molar-refractivity contribution in [2.45, 2.75) is 19.0 Å². The summed E-state index contributed by atoms with van der Waals surface area (Å²) in [5, 5.41) is 12.5. The lowest BCUT2D eigenvalue weighted by molar-refractivity contribution is -0.113. The second-order valence-electron chi connectivity index (χ2n) is 7.47. The lowest BCUT2D eigenvalue weighted by Crippen LogP contribution is -2.37. The van der Waals surface area contributed by atoms with E-state index in [1.165, 1.54) is 23.9 Å². The Morgan fingerprint density at radius 2 is 2.00 bits per heavy atom. The second kappa shape index (κ2) is 9.89. The highest BCUT2D eigenvalue weighted by Gasteiger charge is 2.23. The topological polar surface area (TPSA) is 72.3 Å². The van der Waals surface area contributed by atoms with Crippen LogP contribution in [0.3, 0.4) is 0 Å². The lowest BCUT2D eigenvalue weighted by atomic mass is 10.1. The summed E-state index contributed by atoms with van der Waals surface area (Å²) < 4.78 is 21.2. The van der Waals surface area contributed by atoms with E-state index in [0.29, 0.717) is 53.8 Å². The first-order chi connectivity index (χ1) is 15.4. The van der Waals surface area contributed by atoms with Crippen molar-refractivity contribution in [3.05, 3.63) is 58.4 Å². The number of thioether (sulfide) groups is 1. The summed E-state index contributed by atoms with van der Waals surface area (Å²) in [6, 6.07) is 10.0. The normalized spacial score (nSPS) is 13.9. The Morgan fingerprint density at radius 1 is 1.22 bits per heavy atom. The van der Waals surface area contributed by atoms with Gasteiger partial charge in [-0.2, -0.15) is 0 Å². The summed E-state index contributed by atoms with van der Waals surface area (Å²) in [5.74, 6) is 0.118. The van der Waals surface area contributed by atoms with E-state index in [9.17, 15) is 9.18 Å². The van der Waals surface area contributed by atoms with Crippen LogP contribution in [-0.4, -0.2) is 52.7 Å². The van der Waals surface area contributed by atoms with E-state index in [0.717, 1.165) is 11.1 Å².